The van der Waals surface area contributed by atoms with E-state index in [2.05, 4.69) is 20.7 Å². The van der Waals surface area contributed by atoms with E-state index in [1.165, 1.54) is 0 Å². The molecule has 0 fully saturated rings. The van der Waals surface area contributed by atoms with E-state index in [4.69, 9.17) is 0 Å². The molecule has 0 saturated heterocycles. The molecule has 0 amide bonds. The lowest BCUT2D eigenvalue weighted by atomic mass is 10.1. The van der Waals surface area contributed by atoms with Gasteiger partial charge in [-0.2, -0.15) is 0 Å². The molecule has 1 N–H and O–H groups in total. The summed E-state index contributed by atoms with van der Waals surface area (Å²) in [6.07, 6.45) is 0. The average Bonchev–Trinajstić information content (AvgIpc) is 2.41. The summed E-state index contributed by atoms with van der Waals surface area (Å²) in [5.41, 5.74) is 2.60. The molecular weight excluding hydrogens is 350 g/mol. The lowest BCUT2D eigenvalue weighted by Crippen LogP contribution is -2.27. The Kier molecular flexibility index (Phi) is 4.86. The van der Waals surface area contributed by atoms with Gasteiger partial charge in [0.15, 0.2) is 0 Å². The SMILES string of the molecule is Cc1ccc(C)c(S(=O)(=O)N[C@@H](C)c2ccc(Br)cc2)c1. The van der Waals surface area contributed by atoms with Gasteiger partial charge in [0.2, 0.25) is 10.0 Å². The summed E-state index contributed by atoms with van der Waals surface area (Å²) in [7, 11) is -3.53. The minimum absolute atomic E-state index is 0.289. The maximum absolute atomic E-state index is 12.5. The number of hydrogen-bond acceptors (Lipinski definition) is 2. The number of rotatable bonds is 4. The van der Waals surface area contributed by atoms with E-state index in [0.717, 1.165) is 21.2 Å². The first-order valence-electron chi connectivity index (χ1n) is 6.64. The molecular formula is C16H18BrNO2S. The maximum atomic E-state index is 12.5. The van der Waals surface area contributed by atoms with Crippen LogP contribution in [0.1, 0.15) is 29.7 Å². The topological polar surface area (TPSA) is 46.2 Å². The van der Waals surface area contributed by atoms with E-state index in [1.54, 1.807) is 13.0 Å². The van der Waals surface area contributed by atoms with Crippen LogP contribution in [0, 0.1) is 13.8 Å². The third-order valence-electron chi connectivity index (χ3n) is 3.34. The van der Waals surface area contributed by atoms with Crippen molar-refractivity contribution in [3.63, 3.8) is 0 Å². The van der Waals surface area contributed by atoms with E-state index in [-0.39, 0.29) is 6.04 Å². The standard InChI is InChI=1S/C16H18BrNO2S/c1-11-4-5-12(2)16(10-11)21(19,20)18-13(3)14-6-8-15(17)9-7-14/h4-10,13,18H,1-3H3/t13-/m0/s1. The van der Waals surface area contributed by atoms with Gasteiger partial charge in [-0.25, -0.2) is 13.1 Å². The van der Waals surface area contributed by atoms with Gasteiger partial charge in [-0.15, -0.1) is 0 Å². The van der Waals surface area contributed by atoms with Crippen molar-refractivity contribution < 1.29 is 8.42 Å². The van der Waals surface area contributed by atoms with E-state index < -0.39 is 10.0 Å². The van der Waals surface area contributed by atoms with Crippen LogP contribution < -0.4 is 4.72 Å². The Morgan fingerprint density at radius 2 is 1.67 bits per heavy atom. The lowest BCUT2D eigenvalue weighted by Gasteiger charge is -2.16. The first kappa shape index (κ1) is 16.2. The van der Waals surface area contributed by atoms with Crippen LogP contribution in [0.15, 0.2) is 51.8 Å². The smallest absolute Gasteiger partial charge is 0.207 e. The zero-order valence-corrected chi connectivity index (χ0v) is 14.6. The van der Waals surface area contributed by atoms with E-state index >= 15 is 0 Å². The normalized spacial score (nSPS) is 13.1. The number of halogens is 1. The van der Waals surface area contributed by atoms with Gasteiger partial charge in [0.25, 0.3) is 0 Å². The molecule has 1 atom stereocenters. The summed E-state index contributed by atoms with van der Waals surface area (Å²) in [5, 5.41) is 0. The summed E-state index contributed by atoms with van der Waals surface area (Å²) in [4.78, 5) is 0.339. The van der Waals surface area contributed by atoms with Crippen LogP contribution in [0.3, 0.4) is 0 Å². The highest BCUT2D eigenvalue weighted by atomic mass is 79.9. The molecule has 0 aliphatic carbocycles. The highest BCUT2D eigenvalue weighted by Crippen LogP contribution is 2.21. The van der Waals surface area contributed by atoms with Gasteiger partial charge in [-0.1, -0.05) is 40.2 Å². The van der Waals surface area contributed by atoms with Gasteiger partial charge in [-0.05, 0) is 55.7 Å². The van der Waals surface area contributed by atoms with Crippen molar-refractivity contribution in [3.8, 4) is 0 Å². The van der Waals surface area contributed by atoms with Crippen LogP contribution in [0.4, 0.5) is 0 Å². The van der Waals surface area contributed by atoms with Crippen molar-refractivity contribution in [2.45, 2.75) is 31.7 Å². The number of hydrogen-bond donors (Lipinski definition) is 1. The van der Waals surface area contributed by atoms with Crippen LogP contribution in [0.5, 0.6) is 0 Å². The molecule has 2 aromatic rings. The average molecular weight is 368 g/mol. The highest BCUT2D eigenvalue weighted by Gasteiger charge is 2.20. The number of nitrogens with one attached hydrogen (secondary N) is 1. The summed E-state index contributed by atoms with van der Waals surface area (Å²) in [5.74, 6) is 0. The number of aryl methyl sites for hydroxylation is 2. The molecule has 112 valence electrons. The lowest BCUT2D eigenvalue weighted by molar-refractivity contribution is 0.566. The zero-order valence-electron chi connectivity index (χ0n) is 12.2. The van der Waals surface area contributed by atoms with Crippen molar-refractivity contribution in [1.29, 1.82) is 0 Å². The fourth-order valence-electron chi connectivity index (χ4n) is 2.11. The second-order valence-electron chi connectivity index (χ2n) is 5.16. The summed E-state index contributed by atoms with van der Waals surface area (Å²) in [6.45, 7) is 5.53. The Labute approximate surface area is 134 Å². The summed E-state index contributed by atoms with van der Waals surface area (Å²) >= 11 is 3.37. The first-order valence-corrected chi connectivity index (χ1v) is 8.92. The van der Waals surface area contributed by atoms with Crippen molar-refractivity contribution in [2.24, 2.45) is 0 Å². The molecule has 0 aliphatic rings. The van der Waals surface area contributed by atoms with Gasteiger partial charge in [0.05, 0.1) is 4.90 Å². The molecule has 0 bridgehead atoms. The van der Waals surface area contributed by atoms with Crippen LogP contribution >= 0.6 is 15.9 Å². The molecule has 0 spiro atoms. The molecule has 0 saturated carbocycles. The van der Waals surface area contributed by atoms with Crippen LogP contribution in [-0.4, -0.2) is 8.42 Å². The van der Waals surface area contributed by atoms with Gasteiger partial charge >= 0.3 is 0 Å². The van der Waals surface area contributed by atoms with Gasteiger partial charge in [0.1, 0.15) is 0 Å². The Morgan fingerprint density at radius 1 is 1.05 bits per heavy atom. The molecule has 21 heavy (non-hydrogen) atoms. The Hall–Kier alpha value is -1.17. The third-order valence-corrected chi connectivity index (χ3v) is 5.55. The highest BCUT2D eigenvalue weighted by molar-refractivity contribution is 9.10. The largest absolute Gasteiger partial charge is 0.241 e. The van der Waals surface area contributed by atoms with Gasteiger partial charge in [-0.3, -0.25) is 0 Å². The quantitative estimate of drug-likeness (QED) is 0.883. The van der Waals surface area contributed by atoms with Gasteiger partial charge < -0.3 is 0 Å². The summed E-state index contributed by atoms with van der Waals surface area (Å²) < 4.78 is 28.8. The molecule has 0 aromatic heterocycles. The second kappa shape index (κ2) is 6.30. The zero-order chi connectivity index (χ0) is 15.6. The molecule has 2 aromatic carbocycles. The predicted octanol–water partition coefficient (Wildman–Crippen LogP) is 4.11. The predicted molar refractivity (Wildman–Crippen MR) is 88.8 cm³/mol. The van der Waals surface area contributed by atoms with Crippen LogP contribution in [-0.2, 0) is 10.0 Å². The monoisotopic (exact) mass is 367 g/mol. The van der Waals surface area contributed by atoms with Crippen molar-refractivity contribution in [2.75, 3.05) is 0 Å². The van der Waals surface area contributed by atoms with E-state index in [0.29, 0.717) is 4.90 Å². The fraction of sp³-hybridized carbons (Fsp3) is 0.250. The molecule has 0 heterocycles. The molecule has 5 heteroatoms. The van der Waals surface area contributed by atoms with E-state index in [1.807, 2.05) is 50.2 Å². The van der Waals surface area contributed by atoms with E-state index in [9.17, 15) is 8.42 Å². The van der Waals surface area contributed by atoms with Crippen molar-refractivity contribution in [3.05, 3.63) is 63.6 Å². The number of benzene rings is 2. The third kappa shape index (κ3) is 3.93. The van der Waals surface area contributed by atoms with Crippen molar-refractivity contribution in [1.82, 2.24) is 4.72 Å². The van der Waals surface area contributed by atoms with Crippen molar-refractivity contribution >= 4 is 26.0 Å². The fourth-order valence-corrected chi connectivity index (χ4v) is 3.94. The minimum atomic E-state index is -3.53. The Morgan fingerprint density at radius 3 is 2.29 bits per heavy atom. The molecule has 3 nitrogen and oxygen atoms in total. The molecule has 0 radical (unpaired) electrons. The molecule has 0 unspecified atom stereocenters. The maximum Gasteiger partial charge on any atom is 0.241 e. The van der Waals surface area contributed by atoms with Gasteiger partial charge in [0, 0.05) is 10.5 Å². The van der Waals surface area contributed by atoms with Crippen LogP contribution in [0.25, 0.3) is 0 Å². The minimum Gasteiger partial charge on any atom is -0.207 e. The first-order chi connectivity index (χ1) is 9.79. The summed E-state index contributed by atoms with van der Waals surface area (Å²) in [6, 6.07) is 12.8. The van der Waals surface area contributed by atoms with Crippen LogP contribution in [0.2, 0.25) is 0 Å². The Bertz CT molecular complexity index is 739. The number of sulfonamides is 1. The second-order valence-corrected chi connectivity index (χ2v) is 7.76. The molecule has 0 aliphatic heterocycles. The molecule has 2 rings (SSSR count). The Balaban J connectivity index is 2.28.